The van der Waals surface area contributed by atoms with Crippen molar-refractivity contribution in [1.29, 1.82) is 0 Å². The summed E-state index contributed by atoms with van der Waals surface area (Å²) < 4.78 is 2.97. The molecule has 4 heteroatoms. The monoisotopic (exact) mass is 427 g/mol. The number of fused-ring (bicyclic) bond motifs is 4. The van der Waals surface area contributed by atoms with Crippen molar-refractivity contribution < 1.29 is 48.0 Å². The van der Waals surface area contributed by atoms with E-state index in [1.807, 2.05) is 0 Å². The molecule has 0 radical (unpaired) electrons. The van der Waals surface area contributed by atoms with Crippen molar-refractivity contribution in [3.05, 3.63) is 84.3 Å². The Labute approximate surface area is 164 Å². The molecule has 5 rings (SSSR count). The van der Waals surface area contributed by atoms with E-state index in [1.165, 1.54) is 35.5 Å². The summed E-state index contributed by atoms with van der Waals surface area (Å²) in [6.07, 6.45) is 12.5. The number of hydrogen-bond donors (Lipinski definition) is 0. The fourth-order valence-electron chi connectivity index (χ4n) is 3.34. The number of nitrogens with zero attached hydrogens (tertiary/aromatic N) is 1. The summed E-state index contributed by atoms with van der Waals surface area (Å²) in [5.41, 5.74) is 2.50. The maximum absolute atomic E-state index is 5.01. The van der Waals surface area contributed by atoms with Crippen LogP contribution in [0.4, 0.5) is 5.69 Å². The van der Waals surface area contributed by atoms with E-state index in [9.17, 15) is 0 Å². The van der Waals surface area contributed by atoms with Crippen LogP contribution in [0.1, 0.15) is 12.0 Å². The van der Waals surface area contributed by atoms with E-state index in [-0.39, 0.29) is 24.8 Å². The average molecular weight is 429 g/mol. The first kappa shape index (κ1) is 17.6. The van der Waals surface area contributed by atoms with Crippen LogP contribution in [0.15, 0.2) is 62.9 Å². The summed E-state index contributed by atoms with van der Waals surface area (Å²) in [6, 6.07) is 13.1. The normalized spacial score (nSPS) is 14.7. The van der Waals surface area contributed by atoms with Crippen molar-refractivity contribution >= 4 is 21.3 Å². The second-order valence-electron chi connectivity index (χ2n) is 5.79. The van der Waals surface area contributed by atoms with Gasteiger partial charge in [-0.2, -0.15) is 0 Å². The molecule has 116 valence electrons. The molecule has 0 aromatic heterocycles. The summed E-state index contributed by atoms with van der Waals surface area (Å²) in [4.78, 5) is 5.01. The quantitative estimate of drug-likeness (QED) is 0.409. The molecule has 0 N–H and O–H groups in total. The molecular weight excluding hydrogens is 416 g/mol. The fourth-order valence-corrected chi connectivity index (χ4v) is 6.10. The van der Waals surface area contributed by atoms with E-state index in [0.717, 1.165) is 6.42 Å². The van der Waals surface area contributed by atoms with Crippen molar-refractivity contribution in [1.82, 2.24) is 0 Å². The number of allylic oxidation sites excluding steroid dienone is 4. The van der Waals surface area contributed by atoms with Crippen molar-refractivity contribution in [2.75, 3.05) is 0 Å². The van der Waals surface area contributed by atoms with Crippen LogP contribution in [0.5, 0.6) is 0 Å². The fraction of sp³-hybridized carbons (Fsp3) is 0.0500. The van der Waals surface area contributed by atoms with E-state index >= 15 is 0 Å². The Morgan fingerprint density at radius 2 is 1.75 bits per heavy atom. The Hall–Kier alpha value is -1.21. The molecule has 0 saturated heterocycles. The van der Waals surface area contributed by atoms with Crippen LogP contribution >= 0.6 is 0 Å². The number of halogens is 2. The zero-order valence-corrected chi connectivity index (χ0v) is 16.7. The molecule has 0 amide bonds. The molecule has 2 aliphatic carbocycles. The third-order valence-electron chi connectivity index (χ3n) is 4.38. The van der Waals surface area contributed by atoms with Gasteiger partial charge < -0.3 is 24.8 Å². The van der Waals surface area contributed by atoms with Gasteiger partial charge in [0.05, 0.1) is 0 Å². The van der Waals surface area contributed by atoms with Gasteiger partial charge in [0.15, 0.2) is 0 Å². The summed E-state index contributed by atoms with van der Waals surface area (Å²) in [6.45, 7) is 0. The Kier molecular flexibility index (Phi) is 5.11. The summed E-state index contributed by atoms with van der Waals surface area (Å²) in [7, 11) is 0. The van der Waals surface area contributed by atoms with Crippen molar-refractivity contribution in [2.24, 2.45) is 4.99 Å². The molecule has 0 saturated carbocycles. The van der Waals surface area contributed by atoms with E-state index in [1.54, 1.807) is 3.28 Å². The van der Waals surface area contributed by atoms with E-state index < -0.39 is 23.2 Å². The second kappa shape index (κ2) is 6.96. The maximum Gasteiger partial charge on any atom is -1.00 e. The Balaban J connectivity index is 0.000000845. The van der Waals surface area contributed by atoms with Crippen LogP contribution in [-0.4, -0.2) is 3.42 Å². The Morgan fingerprint density at radius 1 is 0.875 bits per heavy atom. The molecular formula is C20H13Cl2NZr. The first-order valence-electron chi connectivity index (χ1n) is 7.56. The molecule has 0 fully saturated rings. The minimum atomic E-state index is -0.707. The molecule has 0 atom stereocenters. The van der Waals surface area contributed by atoms with Crippen LogP contribution < -0.4 is 35.3 Å². The molecule has 1 heterocycles. The summed E-state index contributed by atoms with van der Waals surface area (Å²) >= 11 is -0.707. The van der Waals surface area contributed by atoms with Gasteiger partial charge in [0, 0.05) is 0 Å². The molecule has 1 nitrogen and oxygen atoms in total. The van der Waals surface area contributed by atoms with Crippen molar-refractivity contribution in [3.8, 4) is 0 Å². The van der Waals surface area contributed by atoms with Gasteiger partial charge in [-0.05, 0) is 0 Å². The van der Waals surface area contributed by atoms with E-state index in [0.29, 0.717) is 0 Å². The number of aliphatic imine (C=N–C) groups is 1. The zero-order valence-electron chi connectivity index (χ0n) is 12.8. The van der Waals surface area contributed by atoms with Crippen LogP contribution in [0.25, 0.3) is 12.2 Å². The number of rotatable bonds is 2. The Bertz CT molecular complexity index is 1130. The van der Waals surface area contributed by atoms with Crippen molar-refractivity contribution in [2.45, 2.75) is 6.42 Å². The van der Waals surface area contributed by atoms with Crippen LogP contribution in [-0.2, 0) is 23.2 Å². The van der Waals surface area contributed by atoms with Gasteiger partial charge in [0.1, 0.15) is 0 Å². The van der Waals surface area contributed by atoms with Gasteiger partial charge in [-0.1, -0.05) is 0 Å². The molecule has 0 spiro atoms. The van der Waals surface area contributed by atoms with E-state index in [2.05, 4.69) is 66.8 Å². The second-order valence-corrected chi connectivity index (χ2v) is 9.24. The van der Waals surface area contributed by atoms with Gasteiger partial charge in [-0.15, -0.1) is 0 Å². The number of benzene rings is 2. The minimum Gasteiger partial charge on any atom is -1.00 e. The average Bonchev–Trinajstić information content (AvgIpc) is 3.23. The van der Waals surface area contributed by atoms with Crippen molar-refractivity contribution in [3.63, 3.8) is 0 Å². The van der Waals surface area contributed by atoms with Gasteiger partial charge in [-0.25, -0.2) is 0 Å². The van der Waals surface area contributed by atoms with E-state index in [4.69, 9.17) is 4.99 Å². The van der Waals surface area contributed by atoms with Crippen LogP contribution in [0.3, 0.4) is 0 Å². The van der Waals surface area contributed by atoms with Gasteiger partial charge in [-0.3, -0.25) is 0 Å². The largest absolute Gasteiger partial charge is 1.00 e. The predicted molar refractivity (Wildman–Crippen MR) is 86.8 cm³/mol. The Morgan fingerprint density at radius 3 is 2.58 bits per heavy atom. The summed E-state index contributed by atoms with van der Waals surface area (Å²) in [5.74, 6) is 0. The maximum atomic E-state index is 5.01. The smallest absolute Gasteiger partial charge is 1.00 e. The SMILES string of the molecule is C1=CC[C]([Zr+2][C]2=Nc3c4c(ccc3=C2)=c2ccccc2=C4)=C1.[Cl-].[Cl-]. The third kappa shape index (κ3) is 2.82. The predicted octanol–water partition coefficient (Wildman–Crippen LogP) is -3.13. The summed E-state index contributed by atoms with van der Waals surface area (Å²) in [5, 5.41) is 5.29. The van der Waals surface area contributed by atoms with Gasteiger partial charge >= 0.3 is 140 Å². The van der Waals surface area contributed by atoms with Gasteiger partial charge in [0.2, 0.25) is 0 Å². The van der Waals surface area contributed by atoms with Crippen LogP contribution in [0, 0.1) is 10.4 Å². The topological polar surface area (TPSA) is 12.4 Å². The van der Waals surface area contributed by atoms with Gasteiger partial charge in [0.25, 0.3) is 0 Å². The standard InChI is InChI=1S/C15H8N.C5H5.2ClH.Zr/c1-2-4-12-11(3-1)9-14-13(12)6-5-10-7-8-16-15(10)14;1-2-4-5-3-1;;;/h1-7,9H;1-3H,4H2;2*1H;/q;;;;+2/p-2. The molecule has 0 bridgehead atoms. The first-order chi connectivity index (χ1) is 10.9. The zero-order chi connectivity index (χ0) is 14.5. The number of hydrogen-bond acceptors (Lipinski definition) is 1. The molecule has 1 aliphatic heterocycles. The molecule has 3 aliphatic rings. The molecule has 2 aromatic rings. The molecule has 0 unspecified atom stereocenters. The molecule has 2 aromatic carbocycles. The minimum absolute atomic E-state index is 0. The third-order valence-corrected chi connectivity index (χ3v) is 7.34. The van der Waals surface area contributed by atoms with Crippen LogP contribution in [0.2, 0.25) is 0 Å². The molecule has 24 heavy (non-hydrogen) atoms. The first-order valence-corrected chi connectivity index (χ1v) is 10.0.